The lowest BCUT2D eigenvalue weighted by Crippen LogP contribution is -2.28. The number of nitriles is 1. The summed E-state index contributed by atoms with van der Waals surface area (Å²) in [5, 5.41) is 12.8. The Morgan fingerprint density at radius 1 is 1.41 bits per heavy atom. The summed E-state index contributed by atoms with van der Waals surface area (Å²) in [5.74, 6) is -1.60. The zero-order valence-corrected chi connectivity index (χ0v) is 15.7. The number of thiophene rings is 1. The summed E-state index contributed by atoms with van der Waals surface area (Å²) in [7, 11) is 0. The number of aryl methyl sites for hydroxylation is 2. The molecule has 1 aromatic carbocycles. The van der Waals surface area contributed by atoms with Crippen LogP contribution in [0.5, 0.6) is 0 Å². The van der Waals surface area contributed by atoms with Gasteiger partial charge >= 0.3 is 0 Å². The fourth-order valence-electron chi connectivity index (χ4n) is 3.77. The van der Waals surface area contributed by atoms with Gasteiger partial charge in [-0.05, 0) is 49.4 Å². The zero-order valence-electron chi connectivity index (χ0n) is 14.8. The smallest absolute Gasteiger partial charge is 0.230 e. The van der Waals surface area contributed by atoms with Crippen LogP contribution in [0.15, 0.2) is 18.2 Å². The first-order chi connectivity index (χ1) is 13.0. The molecule has 1 unspecified atom stereocenters. The summed E-state index contributed by atoms with van der Waals surface area (Å²) in [6.07, 6.45) is 2.88. The molecule has 27 heavy (non-hydrogen) atoms. The number of fused-ring (bicyclic) bond motifs is 1. The molecule has 7 heteroatoms. The number of carbonyl (C=O) groups is 2. The molecule has 2 heterocycles. The van der Waals surface area contributed by atoms with Crippen LogP contribution in [0.4, 0.5) is 15.1 Å². The highest BCUT2D eigenvalue weighted by Crippen LogP contribution is 2.39. The van der Waals surface area contributed by atoms with Gasteiger partial charge in [0.2, 0.25) is 11.8 Å². The summed E-state index contributed by atoms with van der Waals surface area (Å²) in [5.41, 5.74) is 2.57. The van der Waals surface area contributed by atoms with Crippen molar-refractivity contribution in [3.05, 3.63) is 45.6 Å². The van der Waals surface area contributed by atoms with Gasteiger partial charge in [-0.15, -0.1) is 11.3 Å². The molecule has 1 N–H and O–H groups in total. The van der Waals surface area contributed by atoms with E-state index in [9.17, 15) is 19.2 Å². The molecule has 2 aliphatic rings. The predicted octanol–water partition coefficient (Wildman–Crippen LogP) is 3.55. The van der Waals surface area contributed by atoms with Crippen LogP contribution in [-0.2, 0) is 22.4 Å². The third-order valence-corrected chi connectivity index (χ3v) is 6.37. The molecule has 0 radical (unpaired) electrons. The van der Waals surface area contributed by atoms with Crippen LogP contribution < -0.4 is 10.2 Å². The number of halogens is 1. The molecule has 4 rings (SSSR count). The molecule has 5 nitrogen and oxygen atoms in total. The fourth-order valence-corrected chi connectivity index (χ4v) is 5.01. The number of carbonyl (C=O) groups excluding carboxylic acids is 2. The van der Waals surface area contributed by atoms with E-state index in [4.69, 9.17) is 0 Å². The minimum Gasteiger partial charge on any atom is -0.316 e. The lowest BCUT2D eigenvalue weighted by molar-refractivity contribution is -0.122. The van der Waals surface area contributed by atoms with Crippen molar-refractivity contribution in [1.29, 1.82) is 5.26 Å². The van der Waals surface area contributed by atoms with E-state index in [-0.39, 0.29) is 30.5 Å². The van der Waals surface area contributed by atoms with E-state index in [0.717, 1.165) is 35.3 Å². The first-order valence-corrected chi connectivity index (χ1v) is 9.71. The van der Waals surface area contributed by atoms with Crippen molar-refractivity contribution in [3.63, 3.8) is 0 Å². The average molecular weight is 383 g/mol. The summed E-state index contributed by atoms with van der Waals surface area (Å²) in [6, 6.07) is 6.89. The Kier molecular flexibility index (Phi) is 4.44. The Morgan fingerprint density at radius 2 is 2.22 bits per heavy atom. The molecule has 1 aliphatic heterocycles. The topological polar surface area (TPSA) is 73.2 Å². The lowest BCUT2D eigenvalue weighted by atomic mass is 10.1. The molecule has 1 aromatic heterocycles. The fraction of sp³-hybridized carbons (Fsp3) is 0.350. The largest absolute Gasteiger partial charge is 0.316 e. The van der Waals surface area contributed by atoms with Crippen LogP contribution in [0, 0.1) is 30.0 Å². The van der Waals surface area contributed by atoms with Crippen LogP contribution in [0.25, 0.3) is 0 Å². The number of nitrogens with zero attached hydrogens (tertiary/aromatic N) is 2. The third kappa shape index (κ3) is 3.10. The van der Waals surface area contributed by atoms with Gasteiger partial charge in [0.15, 0.2) is 0 Å². The first kappa shape index (κ1) is 17.7. The van der Waals surface area contributed by atoms with Crippen molar-refractivity contribution in [2.45, 2.75) is 32.6 Å². The monoisotopic (exact) mass is 383 g/mol. The van der Waals surface area contributed by atoms with Crippen LogP contribution >= 0.6 is 11.3 Å². The summed E-state index contributed by atoms with van der Waals surface area (Å²) in [6.45, 7) is 1.91. The third-order valence-electron chi connectivity index (χ3n) is 5.16. The maximum Gasteiger partial charge on any atom is 0.230 e. The standard InChI is InChI=1S/C20H18FN3O2S/c1-11-5-6-16(15(21)7-11)24-10-12(8-18(24)25)19(26)23-20-14(9-22)13-3-2-4-17(13)27-20/h5-7,12H,2-4,8,10H2,1H3,(H,23,26). The Labute approximate surface area is 160 Å². The van der Waals surface area contributed by atoms with Gasteiger partial charge < -0.3 is 10.2 Å². The molecule has 0 spiro atoms. The van der Waals surface area contributed by atoms with Crippen LogP contribution in [0.2, 0.25) is 0 Å². The molecule has 2 aromatic rings. The average Bonchev–Trinajstić information content (AvgIpc) is 3.29. The normalized spacial score (nSPS) is 18.5. The maximum atomic E-state index is 14.2. The molecular weight excluding hydrogens is 365 g/mol. The van der Waals surface area contributed by atoms with E-state index in [1.165, 1.54) is 22.3 Å². The van der Waals surface area contributed by atoms with Gasteiger partial charge in [-0.25, -0.2) is 4.39 Å². The van der Waals surface area contributed by atoms with Crippen molar-refractivity contribution in [1.82, 2.24) is 0 Å². The second kappa shape index (κ2) is 6.78. The van der Waals surface area contributed by atoms with Crippen molar-refractivity contribution >= 4 is 33.8 Å². The summed E-state index contributed by atoms with van der Waals surface area (Å²) < 4.78 is 14.2. The van der Waals surface area contributed by atoms with Gasteiger partial charge in [-0.1, -0.05) is 6.07 Å². The van der Waals surface area contributed by atoms with Gasteiger partial charge in [0.1, 0.15) is 16.9 Å². The van der Waals surface area contributed by atoms with Crippen LogP contribution in [0.3, 0.4) is 0 Å². The van der Waals surface area contributed by atoms with E-state index in [2.05, 4.69) is 11.4 Å². The van der Waals surface area contributed by atoms with Gasteiger partial charge in [0.25, 0.3) is 0 Å². The molecular formula is C20H18FN3O2S. The number of nitrogens with one attached hydrogen (secondary N) is 1. The van der Waals surface area contributed by atoms with Crippen molar-refractivity contribution in [3.8, 4) is 6.07 Å². The van der Waals surface area contributed by atoms with Crippen LogP contribution in [0.1, 0.15) is 34.4 Å². The maximum absolute atomic E-state index is 14.2. The van der Waals surface area contributed by atoms with E-state index in [1.807, 2.05) is 0 Å². The molecule has 0 saturated carbocycles. The zero-order chi connectivity index (χ0) is 19.1. The Balaban J connectivity index is 1.51. The molecule has 138 valence electrons. The minimum atomic E-state index is -0.568. The van der Waals surface area contributed by atoms with E-state index in [0.29, 0.717) is 10.6 Å². The number of rotatable bonds is 3. The molecule has 1 fully saturated rings. The highest BCUT2D eigenvalue weighted by Gasteiger charge is 2.37. The highest BCUT2D eigenvalue weighted by molar-refractivity contribution is 7.16. The Bertz CT molecular complexity index is 992. The molecule has 2 amide bonds. The van der Waals surface area contributed by atoms with Gasteiger partial charge in [0, 0.05) is 17.8 Å². The summed E-state index contributed by atoms with van der Waals surface area (Å²) in [4.78, 5) is 27.5. The van der Waals surface area contributed by atoms with Gasteiger partial charge in [0.05, 0.1) is 17.2 Å². The van der Waals surface area contributed by atoms with E-state index < -0.39 is 11.7 Å². The number of amides is 2. The minimum absolute atomic E-state index is 0.0339. The van der Waals surface area contributed by atoms with Crippen LogP contribution in [-0.4, -0.2) is 18.4 Å². The Morgan fingerprint density at radius 3 is 2.96 bits per heavy atom. The first-order valence-electron chi connectivity index (χ1n) is 8.90. The predicted molar refractivity (Wildman–Crippen MR) is 101 cm³/mol. The number of hydrogen-bond acceptors (Lipinski definition) is 4. The van der Waals surface area contributed by atoms with Gasteiger partial charge in [-0.3, -0.25) is 9.59 Å². The van der Waals surface area contributed by atoms with Crippen molar-refractivity contribution in [2.75, 3.05) is 16.8 Å². The van der Waals surface area contributed by atoms with E-state index in [1.54, 1.807) is 19.1 Å². The quantitative estimate of drug-likeness (QED) is 0.881. The number of hydrogen-bond donors (Lipinski definition) is 1. The molecule has 0 bridgehead atoms. The second-order valence-corrected chi connectivity index (χ2v) is 8.13. The Hall–Kier alpha value is -2.72. The van der Waals surface area contributed by atoms with Crippen molar-refractivity contribution < 1.29 is 14.0 Å². The summed E-state index contributed by atoms with van der Waals surface area (Å²) >= 11 is 1.45. The number of anilines is 2. The van der Waals surface area contributed by atoms with E-state index >= 15 is 0 Å². The molecule has 1 atom stereocenters. The molecule has 1 saturated heterocycles. The van der Waals surface area contributed by atoms with Crippen molar-refractivity contribution in [2.24, 2.45) is 5.92 Å². The SMILES string of the molecule is Cc1ccc(N2CC(C(=O)Nc3sc4c(c3C#N)CCC4)CC2=O)c(F)c1. The highest BCUT2D eigenvalue weighted by atomic mass is 32.1. The molecule has 1 aliphatic carbocycles. The number of benzene rings is 1. The van der Waals surface area contributed by atoms with Gasteiger partial charge in [-0.2, -0.15) is 5.26 Å². The second-order valence-electron chi connectivity index (χ2n) is 7.02. The lowest BCUT2D eigenvalue weighted by Gasteiger charge is -2.17.